The van der Waals surface area contributed by atoms with Crippen LogP contribution in [-0.2, 0) is 4.79 Å². The van der Waals surface area contributed by atoms with E-state index in [2.05, 4.69) is 25.6 Å². The van der Waals surface area contributed by atoms with E-state index in [-0.39, 0.29) is 5.69 Å². The predicted molar refractivity (Wildman–Crippen MR) is 122 cm³/mol. The highest BCUT2D eigenvalue weighted by molar-refractivity contribution is 5.99. The smallest absolute Gasteiger partial charge is 0.269 e. The van der Waals surface area contributed by atoms with E-state index < -0.39 is 117 Å². The number of halogens is 1. The number of fused-ring (bicyclic) bond motifs is 1. The molecule has 2 aromatic heterocycles. The van der Waals surface area contributed by atoms with Gasteiger partial charge in [-0.2, -0.15) is 4.98 Å². The second kappa shape index (κ2) is 8.89. The number of amides is 1. The molecule has 0 fully saturated rings. The van der Waals surface area contributed by atoms with Crippen LogP contribution < -0.4 is 34.9 Å². The maximum Gasteiger partial charge on any atom is 0.269 e. The number of anilines is 5. The van der Waals surface area contributed by atoms with Crippen LogP contribution in [0.5, 0.6) is 23.0 Å². The fraction of sp³-hybridized carbons (Fsp3) is 0.273. The van der Waals surface area contributed by atoms with Crippen LogP contribution in [0.3, 0.4) is 0 Å². The molecule has 1 amide bonds. The number of carbonyl (C=O) groups excluding carboxylic acids is 1. The molecule has 0 aliphatic carbocycles. The average molecular weight is 489 g/mol. The summed E-state index contributed by atoms with van der Waals surface area (Å²) in [5, 5.41) is 6.52. The number of pyridine rings is 1. The lowest BCUT2D eigenvalue weighted by Crippen LogP contribution is -2.46. The predicted octanol–water partition coefficient (Wildman–Crippen LogP) is 3.63. The molecule has 0 atom stereocenters. The quantitative estimate of drug-likeness (QED) is 0.453. The normalized spacial score (nSPS) is 23.4. The Labute approximate surface area is 219 Å². The fourth-order valence-corrected chi connectivity index (χ4v) is 2.59. The van der Waals surface area contributed by atoms with E-state index in [0.29, 0.717) is 0 Å². The summed E-state index contributed by atoms with van der Waals surface area (Å²) in [6.45, 7) is -7.21. The Morgan fingerprint density at radius 2 is 1.88 bits per heavy atom. The van der Waals surface area contributed by atoms with Crippen molar-refractivity contribution in [3.8, 4) is 23.0 Å². The van der Waals surface area contributed by atoms with Crippen molar-refractivity contribution < 1.29 is 52.8 Å². The van der Waals surface area contributed by atoms with E-state index in [1.807, 2.05) is 5.32 Å². The van der Waals surface area contributed by atoms with Crippen molar-refractivity contribution in [2.45, 2.75) is 19.3 Å². The van der Waals surface area contributed by atoms with E-state index in [1.165, 1.54) is 0 Å². The third kappa shape index (κ3) is 4.42. The Morgan fingerprint density at radius 1 is 1.12 bits per heavy atom. The Bertz CT molecular complexity index is 1850. The van der Waals surface area contributed by atoms with Gasteiger partial charge in [0.05, 0.1) is 43.7 Å². The summed E-state index contributed by atoms with van der Waals surface area (Å²) in [5.74, 6) is -9.91. The molecule has 0 bridgehead atoms. The highest BCUT2D eigenvalue weighted by atomic mass is 19.1. The Morgan fingerprint density at radius 3 is 2.59 bits per heavy atom. The van der Waals surface area contributed by atoms with Crippen LogP contribution in [0, 0.1) is 5.82 Å². The van der Waals surface area contributed by atoms with E-state index >= 15 is 4.39 Å². The van der Waals surface area contributed by atoms with Crippen molar-refractivity contribution in [3.63, 3.8) is 0 Å². The number of aromatic nitrogens is 3. The van der Waals surface area contributed by atoms with Gasteiger partial charge in [0.25, 0.3) is 5.91 Å². The number of rotatable bonds is 7. The molecule has 3 N–H and O–H groups in total. The first-order valence-corrected chi connectivity index (χ1v) is 8.77. The van der Waals surface area contributed by atoms with E-state index in [1.54, 1.807) is 0 Å². The number of carbonyl (C=O) groups is 1. The van der Waals surface area contributed by atoms with Crippen LogP contribution in [0.1, 0.15) is 38.4 Å². The maximum atomic E-state index is 15.1. The molecule has 0 radical (unpaired) electrons. The summed E-state index contributed by atoms with van der Waals surface area (Å²) >= 11 is 0. The van der Waals surface area contributed by atoms with E-state index in [4.69, 9.17) is 43.6 Å². The molecule has 1 aliphatic rings. The number of methoxy groups -OCH3 is 3. The van der Waals surface area contributed by atoms with Crippen molar-refractivity contribution >= 4 is 35.0 Å². The minimum Gasteiger partial charge on any atom is -0.493 e. The minimum absolute atomic E-state index is 0.387. The molecule has 1 aliphatic heterocycles. The third-order valence-corrected chi connectivity index (χ3v) is 4.06. The molecule has 0 saturated heterocycles. The van der Waals surface area contributed by atoms with Crippen LogP contribution in [0.4, 0.5) is 33.5 Å². The molecule has 3 heterocycles. The van der Waals surface area contributed by atoms with Gasteiger partial charge < -0.3 is 34.9 Å². The summed E-state index contributed by atoms with van der Waals surface area (Å²) in [7, 11) is -9.77. The van der Waals surface area contributed by atoms with Crippen LogP contribution >= 0.6 is 0 Å². The van der Waals surface area contributed by atoms with Crippen LogP contribution in [0.2, 0.25) is 0 Å². The largest absolute Gasteiger partial charge is 0.493 e. The third-order valence-electron chi connectivity index (χ3n) is 4.06. The molecule has 34 heavy (non-hydrogen) atoms. The molecule has 4 rings (SSSR count). The van der Waals surface area contributed by atoms with E-state index in [9.17, 15) is 4.79 Å². The lowest BCUT2D eigenvalue weighted by molar-refractivity contribution is -0.129. The second-order valence-corrected chi connectivity index (χ2v) is 6.30. The zero-order chi connectivity index (χ0) is 39.6. The van der Waals surface area contributed by atoms with Crippen molar-refractivity contribution in [2.75, 3.05) is 37.1 Å². The van der Waals surface area contributed by atoms with Gasteiger partial charge in [-0.25, -0.2) is 14.4 Å². The summed E-state index contributed by atoms with van der Waals surface area (Å²) in [4.78, 5) is 24.1. The number of nitrogens with zero attached hydrogens (tertiary/aromatic N) is 3. The van der Waals surface area contributed by atoms with E-state index in [0.717, 1.165) is 12.1 Å². The van der Waals surface area contributed by atoms with Gasteiger partial charge in [-0.3, -0.25) is 4.79 Å². The zero-order valence-corrected chi connectivity index (χ0v) is 16.4. The molecular weight excluding hydrogens is 447 g/mol. The Balaban J connectivity index is 1.78. The van der Waals surface area contributed by atoms with Crippen molar-refractivity contribution in [1.82, 2.24) is 15.0 Å². The number of hydrogen-bond donors (Lipinski definition) is 3. The minimum atomic E-state index is -3.61. The van der Waals surface area contributed by atoms with Crippen molar-refractivity contribution in [1.29, 1.82) is 0 Å². The van der Waals surface area contributed by atoms with Gasteiger partial charge in [0, 0.05) is 26.0 Å². The van der Waals surface area contributed by atoms with Gasteiger partial charge >= 0.3 is 0 Å². The topological polar surface area (TPSA) is 129 Å². The average Bonchev–Trinajstić information content (AvgIpc) is 2.92. The maximum absolute atomic E-state index is 15.1. The van der Waals surface area contributed by atoms with Gasteiger partial charge in [0.2, 0.25) is 11.7 Å². The van der Waals surface area contributed by atoms with Gasteiger partial charge in [-0.15, -0.1) is 0 Å². The number of hydrogen-bond acceptors (Lipinski definition) is 10. The number of ether oxygens (including phenoxy) is 4. The molecule has 0 saturated carbocycles. The number of nitrogens with one attached hydrogen (secondary N) is 3. The first-order chi connectivity index (χ1) is 23.4. The monoisotopic (exact) mass is 488 g/mol. The molecule has 0 spiro atoms. The van der Waals surface area contributed by atoms with Gasteiger partial charge in [-0.1, -0.05) is 0 Å². The summed E-state index contributed by atoms with van der Waals surface area (Å²) in [6.07, 6.45) is -1.13. The first-order valence-electron chi connectivity index (χ1n) is 17.8. The van der Waals surface area contributed by atoms with Crippen molar-refractivity contribution in [2.24, 2.45) is 0 Å². The van der Waals surface area contributed by atoms with Crippen LogP contribution in [0.25, 0.3) is 0 Å². The summed E-state index contributed by atoms with van der Waals surface area (Å²) in [6, 6.07) is -0.373. The first kappa shape index (κ1) is 9.49. The van der Waals surface area contributed by atoms with Crippen LogP contribution in [0.15, 0.2) is 30.4 Å². The lowest BCUT2D eigenvalue weighted by Gasteiger charge is -2.30. The summed E-state index contributed by atoms with van der Waals surface area (Å²) < 4.78 is 172. The Hall–Kier alpha value is -4.35. The van der Waals surface area contributed by atoms with Gasteiger partial charge in [0.1, 0.15) is 5.82 Å². The SMILES string of the molecule is [2H]c1nc(Nc2cc(OC([2H])([2H])[2H])c(OC([2H])([2H])[2H])c(OC([2H])([2H])[2H])c2)nc(Nc2nc3c(c([2H])c2[2H])OC(C([2H])([2H])[2H])(C([2H])([2H])[2H])C(=O)N3)c1F. The number of benzene rings is 1. The highest BCUT2D eigenvalue weighted by Gasteiger charge is 2.36. The molecule has 12 heteroatoms. The van der Waals surface area contributed by atoms with Crippen molar-refractivity contribution in [3.05, 3.63) is 36.2 Å². The highest BCUT2D eigenvalue weighted by Crippen LogP contribution is 2.40. The lowest BCUT2D eigenvalue weighted by atomic mass is 10.1. The van der Waals surface area contributed by atoms with Gasteiger partial charge in [0.15, 0.2) is 40.3 Å². The van der Waals surface area contributed by atoms with Gasteiger partial charge in [-0.05, 0) is 25.8 Å². The Kier molecular flexibility index (Phi) is 2.48. The zero-order valence-electron chi connectivity index (χ0n) is 34.4. The molecule has 3 aromatic rings. The fourth-order valence-electron chi connectivity index (χ4n) is 2.59. The molecule has 178 valence electrons. The molecule has 11 nitrogen and oxygen atoms in total. The molecule has 0 unspecified atom stereocenters. The standard InChI is InChI=1S/C22H23FN6O5/c1-22(2)20(30)28-19-13(34-22)6-7-16(27-19)26-18-12(23)10-24-21(29-18)25-11-8-14(31-3)17(33-5)15(9-11)32-4/h6-10H,1-5H3,(H3,24,25,26,27,28,29,30)/i1D3,2D3,3D3,4D3,5D3,6D,7D,10D. The van der Waals surface area contributed by atoms with Crippen LogP contribution in [-0.4, -0.2) is 47.6 Å². The summed E-state index contributed by atoms with van der Waals surface area (Å²) in [5.41, 5.74) is -3.88. The molecular formula is C22H23FN6O5. The molecule has 1 aromatic carbocycles. The second-order valence-electron chi connectivity index (χ2n) is 6.30.